The van der Waals surface area contributed by atoms with Crippen LogP contribution in [0.4, 0.5) is 0 Å². The van der Waals surface area contributed by atoms with E-state index in [-0.39, 0.29) is 31.1 Å². The number of allylic oxidation sites excluding steroid dienone is 5. The van der Waals surface area contributed by atoms with Gasteiger partial charge in [-0.25, -0.2) is 0 Å². The van der Waals surface area contributed by atoms with E-state index < -0.39 is 12.1 Å². The number of methoxy groups -OCH3 is 1. The Hall–Kier alpha value is -1.96. The molecule has 1 aliphatic rings. The highest BCUT2D eigenvalue weighted by atomic mass is 16.6. The standard InChI is InChI=1S/C18H29NO4.CH2O2/c1-4-5-6-7-8-9-10-11-15-18(23-16(20)12-19)17(21-3)14(2)13-22-15;2-1-3/h6-11,14-15,17-18H,4-5,12-13,19H2,1-3H3;1H,(H,2,3)/t14-,15-,17-,18-;/m0./s1. The van der Waals surface area contributed by atoms with Crippen molar-refractivity contribution in [3.05, 3.63) is 36.5 Å². The van der Waals surface area contributed by atoms with Crippen molar-refractivity contribution >= 4 is 12.4 Å². The molecule has 0 saturated carbocycles. The van der Waals surface area contributed by atoms with Crippen LogP contribution in [0.5, 0.6) is 0 Å². The molecule has 26 heavy (non-hydrogen) atoms. The summed E-state index contributed by atoms with van der Waals surface area (Å²) < 4.78 is 16.7. The molecule has 0 aromatic carbocycles. The number of carbonyl (C=O) groups excluding carboxylic acids is 1. The number of carbonyl (C=O) groups is 2. The van der Waals surface area contributed by atoms with Gasteiger partial charge >= 0.3 is 5.97 Å². The molecule has 0 aromatic rings. The minimum Gasteiger partial charge on any atom is -0.483 e. The number of hydrogen-bond donors (Lipinski definition) is 2. The summed E-state index contributed by atoms with van der Waals surface area (Å²) in [6.45, 7) is 4.31. The Bertz CT molecular complexity index is 475. The lowest BCUT2D eigenvalue weighted by molar-refractivity contribution is -0.189. The predicted molar refractivity (Wildman–Crippen MR) is 99.7 cm³/mol. The molecular formula is C19H31NO6. The second kappa shape index (κ2) is 15.3. The molecule has 0 spiro atoms. The maximum atomic E-state index is 11.6. The number of hydrogen-bond acceptors (Lipinski definition) is 6. The molecule has 148 valence electrons. The molecule has 1 aliphatic heterocycles. The molecule has 0 aromatic heterocycles. The summed E-state index contributed by atoms with van der Waals surface area (Å²) in [7, 11) is 1.62. The summed E-state index contributed by atoms with van der Waals surface area (Å²) >= 11 is 0. The SMILES string of the molecule is CCCC=CC=CC=C[C@@H]1OC[C@H](C)[C@H](OC)[C@H]1OC(=O)CN.O=CO. The first-order valence-electron chi connectivity index (χ1n) is 8.67. The fourth-order valence-corrected chi connectivity index (χ4v) is 2.47. The van der Waals surface area contributed by atoms with Crippen molar-refractivity contribution in [2.24, 2.45) is 11.7 Å². The molecule has 1 rings (SSSR count). The van der Waals surface area contributed by atoms with Crippen molar-refractivity contribution in [1.29, 1.82) is 0 Å². The first-order chi connectivity index (χ1) is 12.5. The van der Waals surface area contributed by atoms with Crippen LogP contribution in [0.2, 0.25) is 0 Å². The zero-order chi connectivity index (χ0) is 19.8. The van der Waals surface area contributed by atoms with Gasteiger partial charge in [-0.15, -0.1) is 0 Å². The predicted octanol–water partition coefficient (Wildman–Crippen LogP) is 2.08. The molecule has 0 amide bonds. The molecular weight excluding hydrogens is 338 g/mol. The molecule has 1 fully saturated rings. The van der Waals surface area contributed by atoms with Gasteiger partial charge in [-0.1, -0.05) is 56.7 Å². The largest absolute Gasteiger partial charge is 0.483 e. The molecule has 0 aliphatic carbocycles. The molecule has 7 nitrogen and oxygen atoms in total. The Morgan fingerprint density at radius 3 is 2.50 bits per heavy atom. The van der Waals surface area contributed by atoms with E-state index in [0.717, 1.165) is 12.8 Å². The zero-order valence-corrected chi connectivity index (χ0v) is 15.7. The van der Waals surface area contributed by atoms with E-state index in [0.29, 0.717) is 6.61 Å². The number of ether oxygens (including phenoxy) is 3. The summed E-state index contributed by atoms with van der Waals surface area (Å²) in [4.78, 5) is 19.9. The van der Waals surface area contributed by atoms with Crippen molar-refractivity contribution in [3.8, 4) is 0 Å². The summed E-state index contributed by atoms with van der Waals surface area (Å²) in [6, 6.07) is 0. The van der Waals surface area contributed by atoms with E-state index >= 15 is 0 Å². The molecule has 7 heteroatoms. The van der Waals surface area contributed by atoms with Crippen LogP contribution in [0.1, 0.15) is 26.7 Å². The molecule has 1 saturated heterocycles. The fraction of sp³-hybridized carbons (Fsp3) is 0.579. The number of carboxylic acid groups (broad SMARTS) is 1. The van der Waals surface area contributed by atoms with E-state index in [4.69, 9.17) is 29.8 Å². The first-order valence-corrected chi connectivity index (χ1v) is 8.67. The van der Waals surface area contributed by atoms with Crippen molar-refractivity contribution in [2.75, 3.05) is 20.3 Å². The quantitative estimate of drug-likeness (QED) is 0.383. The Morgan fingerprint density at radius 2 is 1.92 bits per heavy atom. The van der Waals surface area contributed by atoms with Crippen LogP contribution in [0.3, 0.4) is 0 Å². The minimum atomic E-state index is -0.486. The highest BCUT2D eigenvalue weighted by Gasteiger charge is 2.40. The summed E-state index contributed by atoms with van der Waals surface area (Å²) in [5, 5.41) is 6.89. The minimum absolute atomic E-state index is 0.146. The van der Waals surface area contributed by atoms with E-state index in [1.165, 1.54) is 0 Å². The van der Waals surface area contributed by atoms with E-state index in [1.807, 2.05) is 37.3 Å². The molecule has 0 bridgehead atoms. The number of rotatable bonds is 8. The van der Waals surface area contributed by atoms with Crippen LogP contribution < -0.4 is 5.73 Å². The van der Waals surface area contributed by atoms with Gasteiger partial charge < -0.3 is 25.1 Å². The summed E-state index contributed by atoms with van der Waals surface area (Å²) in [5.41, 5.74) is 5.34. The molecule has 4 atom stereocenters. The van der Waals surface area contributed by atoms with E-state index in [1.54, 1.807) is 7.11 Å². The fourth-order valence-electron chi connectivity index (χ4n) is 2.47. The Balaban J connectivity index is 0.00000194. The van der Waals surface area contributed by atoms with Crippen LogP contribution in [0.15, 0.2) is 36.5 Å². The smallest absolute Gasteiger partial charge is 0.320 e. The van der Waals surface area contributed by atoms with Gasteiger partial charge in [-0.2, -0.15) is 0 Å². The Morgan fingerprint density at radius 1 is 1.27 bits per heavy atom. The highest BCUT2D eigenvalue weighted by molar-refractivity contribution is 5.71. The van der Waals surface area contributed by atoms with E-state index in [9.17, 15) is 4.79 Å². The zero-order valence-electron chi connectivity index (χ0n) is 15.7. The lowest BCUT2D eigenvalue weighted by atomic mass is 9.93. The third kappa shape index (κ3) is 9.50. The average Bonchev–Trinajstić information content (AvgIpc) is 2.63. The van der Waals surface area contributed by atoms with Crippen LogP contribution >= 0.6 is 0 Å². The number of unbranched alkanes of at least 4 members (excludes halogenated alkanes) is 1. The third-order valence-corrected chi connectivity index (χ3v) is 3.69. The molecule has 3 N–H and O–H groups in total. The number of nitrogens with two attached hydrogens (primary N) is 1. The lowest BCUT2D eigenvalue weighted by Gasteiger charge is -2.39. The second-order valence-corrected chi connectivity index (χ2v) is 5.73. The maximum absolute atomic E-state index is 11.6. The van der Waals surface area contributed by atoms with Gasteiger partial charge in [0.2, 0.25) is 0 Å². The number of esters is 1. The van der Waals surface area contributed by atoms with Crippen LogP contribution in [-0.4, -0.2) is 56.1 Å². The van der Waals surface area contributed by atoms with Gasteiger partial charge in [-0.05, 0) is 6.42 Å². The van der Waals surface area contributed by atoms with Crippen LogP contribution in [0.25, 0.3) is 0 Å². The van der Waals surface area contributed by atoms with Gasteiger partial charge in [-0.3, -0.25) is 9.59 Å². The topological polar surface area (TPSA) is 108 Å². The third-order valence-electron chi connectivity index (χ3n) is 3.69. The maximum Gasteiger partial charge on any atom is 0.320 e. The molecule has 1 heterocycles. The lowest BCUT2D eigenvalue weighted by Crippen LogP contribution is -2.52. The molecule has 0 unspecified atom stereocenters. The molecule has 0 radical (unpaired) electrons. The highest BCUT2D eigenvalue weighted by Crippen LogP contribution is 2.26. The monoisotopic (exact) mass is 369 g/mol. The summed E-state index contributed by atoms with van der Waals surface area (Å²) in [5.74, 6) is -0.307. The normalized spacial score (nSPS) is 26.0. The van der Waals surface area contributed by atoms with Gasteiger partial charge in [0.05, 0.1) is 13.2 Å². The average molecular weight is 369 g/mol. The van der Waals surface area contributed by atoms with Gasteiger partial charge in [0.25, 0.3) is 6.47 Å². The van der Waals surface area contributed by atoms with Crippen molar-refractivity contribution in [3.63, 3.8) is 0 Å². The van der Waals surface area contributed by atoms with Crippen molar-refractivity contribution < 1.29 is 28.9 Å². The summed E-state index contributed by atoms with van der Waals surface area (Å²) in [6.07, 6.45) is 13.0. The van der Waals surface area contributed by atoms with Crippen LogP contribution in [0, 0.1) is 5.92 Å². The van der Waals surface area contributed by atoms with Crippen LogP contribution in [-0.2, 0) is 23.8 Å². The first kappa shape index (κ1) is 24.0. The Kier molecular flexibility index (Phi) is 14.2. The van der Waals surface area contributed by atoms with Crippen molar-refractivity contribution in [1.82, 2.24) is 0 Å². The second-order valence-electron chi connectivity index (χ2n) is 5.73. The van der Waals surface area contributed by atoms with Crippen molar-refractivity contribution in [2.45, 2.75) is 45.0 Å². The Labute approximate surface area is 155 Å². The van der Waals surface area contributed by atoms with Gasteiger partial charge in [0.1, 0.15) is 12.2 Å². The van der Waals surface area contributed by atoms with Gasteiger partial charge in [0.15, 0.2) is 6.10 Å². The van der Waals surface area contributed by atoms with E-state index in [2.05, 4.69) is 13.0 Å². The van der Waals surface area contributed by atoms with Gasteiger partial charge in [0, 0.05) is 13.0 Å².